The van der Waals surface area contributed by atoms with Gasteiger partial charge in [0.2, 0.25) is 0 Å². The summed E-state index contributed by atoms with van der Waals surface area (Å²) in [7, 11) is 0. The first kappa shape index (κ1) is 13.8. The highest BCUT2D eigenvalue weighted by Crippen LogP contribution is 2.53. The number of carbonyl (C=O) groups is 2. The molecular formula is C16H17ClO3. The van der Waals surface area contributed by atoms with Crippen molar-refractivity contribution in [3.05, 3.63) is 34.9 Å². The van der Waals surface area contributed by atoms with Crippen LogP contribution in [-0.2, 0) is 16.0 Å². The molecule has 1 aromatic rings. The predicted octanol–water partition coefficient (Wildman–Crippen LogP) is 2.72. The van der Waals surface area contributed by atoms with Crippen molar-refractivity contribution in [2.24, 2.45) is 5.41 Å². The van der Waals surface area contributed by atoms with Crippen molar-refractivity contribution < 1.29 is 14.7 Å². The van der Waals surface area contributed by atoms with Crippen LogP contribution in [0.5, 0.6) is 0 Å². The van der Waals surface area contributed by atoms with Crippen molar-refractivity contribution in [3.8, 4) is 0 Å². The Morgan fingerprint density at radius 1 is 1.10 bits per heavy atom. The van der Waals surface area contributed by atoms with E-state index in [9.17, 15) is 14.7 Å². The van der Waals surface area contributed by atoms with Gasteiger partial charge in [-0.05, 0) is 37.0 Å². The van der Waals surface area contributed by atoms with Gasteiger partial charge in [-0.2, -0.15) is 0 Å². The van der Waals surface area contributed by atoms with Crippen molar-refractivity contribution in [1.82, 2.24) is 0 Å². The molecule has 20 heavy (non-hydrogen) atoms. The van der Waals surface area contributed by atoms with E-state index in [1.165, 1.54) is 0 Å². The molecule has 0 aliphatic heterocycles. The first-order chi connectivity index (χ1) is 9.45. The molecule has 2 aliphatic carbocycles. The second kappa shape index (κ2) is 4.68. The average molecular weight is 293 g/mol. The highest BCUT2D eigenvalue weighted by atomic mass is 35.5. The number of Topliss-reactive ketones (excluding diaryl/α,β-unsaturated/α-hetero) is 2. The van der Waals surface area contributed by atoms with Crippen molar-refractivity contribution in [2.75, 3.05) is 0 Å². The van der Waals surface area contributed by atoms with E-state index in [0.717, 1.165) is 5.56 Å². The summed E-state index contributed by atoms with van der Waals surface area (Å²) in [6.45, 7) is 0. The number of fused-ring (bicyclic) bond motifs is 1. The second-order valence-electron chi connectivity index (χ2n) is 6.06. The minimum atomic E-state index is -1.15. The van der Waals surface area contributed by atoms with Crippen molar-refractivity contribution >= 4 is 23.2 Å². The number of halogens is 1. The number of benzene rings is 1. The fourth-order valence-electron chi connectivity index (χ4n) is 3.76. The largest absolute Gasteiger partial charge is 0.388 e. The molecule has 3 nitrogen and oxygen atoms in total. The van der Waals surface area contributed by atoms with Crippen LogP contribution in [0, 0.1) is 5.41 Å². The van der Waals surface area contributed by atoms with E-state index in [4.69, 9.17) is 11.6 Å². The minimum Gasteiger partial charge on any atom is -0.388 e. The van der Waals surface area contributed by atoms with Gasteiger partial charge in [0.05, 0.1) is 11.0 Å². The maximum atomic E-state index is 12.4. The maximum Gasteiger partial charge on any atom is 0.142 e. The molecule has 0 amide bonds. The zero-order valence-electron chi connectivity index (χ0n) is 11.2. The second-order valence-corrected chi connectivity index (χ2v) is 6.49. The summed E-state index contributed by atoms with van der Waals surface area (Å²) in [5.74, 6) is 0.163. The van der Waals surface area contributed by atoms with E-state index in [0.29, 0.717) is 37.1 Å². The zero-order valence-corrected chi connectivity index (χ0v) is 11.9. The molecule has 0 spiro atoms. The van der Waals surface area contributed by atoms with Gasteiger partial charge in [-0.15, -0.1) is 0 Å². The number of aliphatic hydroxyl groups is 1. The number of carbonyl (C=O) groups excluding carboxylic acids is 2. The summed E-state index contributed by atoms with van der Waals surface area (Å²) in [4.78, 5) is 24.1. The molecule has 3 rings (SSSR count). The fourth-order valence-corrected chi connectivity index (χ4v) is 3.88. The van der Waals surface area contributed by atoms with Crippen LogP contribution in [0.1, 0.15) is 37.7 Å². The zero-order chi connectivity index (χ0) is 14.4. The van der Waals surface area contributed by atoms with Crippen molar-refractivity contribution in [1.29, 1.82) is 0 Å². The standard InChI is InChI=1S/C16H17ClO3/c17-12-3-1-11(2-4-12)9-15-7-5-13(18)10-16(15,20)8-6-14(15)19/h1-4,20H,5-10H2/t15-,16-/m0/s1. The lowest BCUT2D eigenvalue weighted by atomic mass is 9.61. The Morgan fingerprint density at radius 3 is 2.50 bits per heavy atom. The van der Waals surface area contributed by atoms with E-state index in [1.54, 1.807) is 12.1 Å². The molecule has 2 fully saturated rings. The molecule has 1 aromatic carbocycles. The van der Waals surface area contributed by atoms with Gasteiger partial charge >= 0.3 is 0 Å². The smallest absolute Gasteiger partial charge is 0.142 e. The Labute approximate surface area is 122 Å². The number of rotatable bonds is 2. The summed E-state index contributed by atoms with van der Waals surface area (Å²) in [5, 5.41) is 11.5. The lowest BCUT2D eigenvalue weighted by Gasteiger charge is -2.44. The molecule has 2 saturated carbocycles. The predicted molar refractivity (Wildman–Crippen MR) is 75.6 cm³/mol. The van der Waals surface area contributed by atoms with E-state index >= 15 is 0 Å². The highest BCUT2D eigenvalue weighted by Gasteiger charge is 2.61. The molecule has 2 aliphatic rings. The molecule has 2 atom stereocenters. The Morgan fingerprint density at radius 2 is 1.80 bits per heavy atom. The van der Waals surface area contributed by atoms with Crippen LogP contribution in [0.25, 0.3) is 0 Å². The Kier molecular flexibility index (Phi) is 3.22. The number of hydrogen-bond donors (Lipinski definition) is 1. The monoisotopic (exact) mass is 292 g/mol. The number of ketones is 2. The van der Waals surface area contributed by atoms with Gasteiger partial charge in [0.15, 0.2) is 0 Å². The quantitative estimate of drug-likeness (QED) is 0.912. The van der Waals surface area contributed by atoms with Gasteiger partial charge < -0.3 is 5.11 Å². The highest BCUT2D eigenvalue weighted by molar-refractivity contribution is 6.30. The van der Waals surface area contributed by atoms with Gasteiger partial charge in [0.25, 0.3) is 0 Å². The van der Waals surface area contributed by atoms with Crippen LogP contribution in [0.4, 0.5) is 0 Å². The first-order valence-corrected chi connectivity index (χ1v) is 7.35. The molecule has 0 radical (unpaired) electrons. The van der Waals surface area contributed by atoms with Crippen molar-refractivity contribution in [2.45, 2.75) is 44.1 Å². The normalized spacial score (nSPS) is 33.3. The molecule has 0 saturated heterocycles. The van der Waals surface area contributed by atoms with E-state index in [1.807, 2.05) is 12.1 Å². The molecule has 0 heterocycles. The molecule has 0 unspecified atom stereocenters. The Bertz CT molecular complexity index is 566. The maximum absolute atomic E-state index is 12.4. The van der Waals surface area contributed by atoms with E-state index in [-0.39, 0.29) is 18.0 Å². The van der Waals surface area contributed by atoms with E-state index < -0.39 is 11.0 Å². The molecule has 4 heteroatoms. The van der Waals surface area contributed by atoms with Crippen LogP contribution >= 0.6 is 11.6 Å². The molecule has 1 N–H and O–H groups in total. The van der Waals surface area contributed by atoms with Gasteiger partial charge in [-0.1, -0.05) is 23.7 Å². The average Bonchev–Trinajstić information content (AvgIpc) is 2.65. The third kappa shape index (κ3) is 2.00. The summed E-state index contributed by atoms with van der Waals surface area (Å²) in [6, 6.07) is 7.36. The van der Waals surface area contributed by atoms with Crippen molar-refractivity contribution in [3.63, 3.8) is 0 Å². The third-order valence-electron chi connectivity index (χ3n) is 4.93. The van der Waals surface area contributed by atoms with E-state index in [2.05, 4.69) is 0 Å². The molecule has 0 bridgehead atoms. The summed E-state index contributed by atoms with van der Waals surface area (Å²) in [6.07, 6.45) is 2.24. The van der Waals surface area contributed by atoms with Crippen LogP contribution in [0.3, 0.4) is 0 Å². The van der Waals surface area contributed by atoms with Gasteiger partial charge in [0.1, 0.15) is 11.6 Å². The van der Waals surface area contributed by atoms with Gasteiger partial charge in [0, 0.05) is 24.3 Å². The summed E-state index contributed by atoms with van der Waals surface area (Å²) >= 11 is 5.88. The number of hydrogen-bond acceptors (Lipinski definition) is 3. The topological polar surface area (TPSA) is 54.4 Å². The third-order valence-corrected chi connectivity index (χ3v) is 5.18. The van der Waals surface area contributed by atoms with Crippen LogP contribution in [0.15, 0.2) is 24.3 Å². The molecular weight excluding hydrogens is 276 g/mol. The van der Waals surface area contributed by atoms with Crippen LogP contribution in [-0.4, -0.2) is 22.3 Å². The van der Waals surface area contributed by atoms with Gasteiger partial charge in [-0.3, -0.25) is 9.59 Å². The molecule has 0 aromatic heterocycles. The molecule has 106 valence electrons. The van der Waals surface area contributed by atoms with Crippen LogP contribution in [0.2, 0.25) is 5.02 Å². The lowest BCUT2D eigenvalue weighted by molar-refractivity contribution is -0.151. The Hall–Kier alpha value is -1.19. The minimum absolute atomic E-state index is 0.0638. The van der Waals surface area contributed by atoms with Crippen LogP contribution < -0.4 is 0 Å². The Balaban J connectivity index is 1.96. The summed E-state index contributed by atoms with van der Waals surface area (Å²) in [5.41, 5.74) is -0.953. The lowest BCUT2D eigenvalue weighted by Crippen LogP contribution is -2.53. The fraction of sp³-hybridized carbons (Fsp3) is 0.500. The summed E-state index contributed by atoms with van der Waals surface area (Å²) < 4.78 is 0. The first-order valence-electron chi connectivity index (χ1n) is 6.97. The SMILES string of the molecule is O=C1CC[C@]2(Cc3ccc(Cl)cc3)C(=O)CC[C@]2(O)C1. The van der Waals surface area contributed by atoms with Gasteiger partial charge in [-0.25, -0.2) is 0 Å².